The van der Waals surface area contributed by atoms with Gasteiger partial charge in [0.15, 0.2) is 0 Å². The largest absolute Gasteiger partial charge is 0.352 e. The van der Waals surface area contributed by atoms with Crippen molar-refractivity contribution in [1.82, 2.24) is 19.8 Å². The first-order chi connectivity index (χ1) is 16.8. The van der Waals surface area contributed by atoms with E-state index in [1.807, 2.05) is 30.3 Å². The number of nitrogens with zero attached hydrogens (tertiary/aromatic N) is 2. The van der Waals surface area contributed by atoms with Crippen LogP contribution < -0.4 is 10.0 Å². The van der Waals surface area contributed by atoms with E-state index in [2.05, 4.69) is 15.1 Å². The first-order valence-electron chi connectivity index (χ1n) is 10.7. The van der Waals surface area contributed by atoms with Crippen LogP contribution in [0, 0.1) is 11.6 Å². The van der Waals surface area contributed by atoms with E-state index in [1.165, 1.54) is 12.1 Å². The van der Waals surface area contributed by atoms with Crippen molar-refractivity contribution in [3.63, 3.8) is 0 Å². The van der Waals surface area contributed by atoms with Crippen LogP contribution in [0.5, 0.6) is 0 Å². The average Bonchev–Trinajstić information content (AvgIpc) is 3.28. The maximum atomic E-state index is 13.4. The SMILES string of the molecule is O=C(CCNS(=O)(=O)c1ccc(F)cc1)NCc1cn(-c2ccccc2)nc1-c1ccc(F)cc1. The zero-order valence-electron chi connectivity index (χ0n) is 18.5. The van der Waals surface area contributed by atoms with Gasteiger partial charge in [0.2, 0.25) is 15.9 Å². The number of halogens is 2. The van der Waals surface area contributed by atoms with Gasteiger partial charge in [-0.3, -0.25) is 4.79 Å². The van der Waals surface area contributed by atoms with Crippen LogP contribution in [0.2, 0.25) is 0 Å². The number of nitrogens with one attached hydrogen (secondary N) is 2. The minimum atomic E-state index is -3.85. The maximum Gasteiger partial charge on any atom is 0.240 e. The van der Waals surface area contributed by atoms with Crippen molar-refractivity contribution in [1.29, 1.82) is 0 Å². The summed E-state index contributed by atoms with van der Waals surface area (Å²) in [7, 11) is -3.85. The van der Waals surface area contributed by atoms with Crippen LogP contribution in [-0.2, 0) is 21.4 Å². The number of hydrogen-bond acceptors (Lipinski definition) is 4. The van der Waals surface area contributed by atoms with Gasteiger partial charge in [0.25, 0.3) is 0 Å². The lowest BCUT2D eigenvalue weighted by atomic mass is 10.1. The predicted molar refractivity (Wildman–Crippen MR) is 127 cm³/mol. The molecule has 0 atom stereocenters. The lowest BCUT2D eigenvalue weighted by molar-refractivity contribution is -0.121. The summed E-state index contributed by atoms with van der Waals surface area (Å²) in [5.41, 5.74) is 2.81. The predicted octanol–water partition coefficient (Wildman–Crippen LogP) is 3.80. The van der Waals surface area contributed by atoms with E-state index in [0.29, 0.717) is 16.8 Å². The van der Waals surface area contributed by atoms with Crippen LogP contribution >= 0.6 is 0 Å². The Morgan fingerprint density at radius 2 is 1.51 bits per heavy atom. The molecule has 0 saturated heterocycles. The molecule has 0 bridgehead atoms. The van der Waals surface area contributed by atoms with Crippen LogP contribution in [0.1, 0.15) is 12.0 Å². The van der Waals surface area contributed by atoms with Crippen LogP contribution in [0.3, 0.4) is 0 Å². The molecule has 3 aromatic carbocycles. The number of aromatic nitrogens is 2. The fourth-order valence-corrected chi connectivity index (χ4v) is 4.41. The summed E-state index contributed by atoms with van der Waals surface area (Å²) in [6, 6.07) is 19.7. The highest BCUT2D eigenvalue weighted by atomic mass is 32.2. The maximum absolute atomic E-state index is 13.4. The fourth-order valence-electron chi connectivity index (χ4n) is 3.38. The minimum absolute atomic E-state index is 0.0865. The van der Waals surface area contributed by atoms with Crippen molar-refractivity contribution in [2.75, 3.05) is 6.54 Å². The molecular weight excluding hydrogens is 474 g/mol. The van der Waals surface area contributed by atoms with E-state index in [0.717, 1.165) is 30.0 Å². The molecule has 4 aromatic rings. The van der Waals surface area contributed by atoms with Crippen molar-refractivity contribution in [2.24, 2.45) is 0 Å². The van der Waals surface area contributed by atoms with Gasteiger partial charge in [0.1, 0.15) is 11.6 Å². The Kier molecular flexibility index (Phi) is 7.33. The van der Waals surface area contributed by atoms with E-state index in [4.69, 9.17) is 0 Å². The summed E-state index contributed by atoms with van der Waals surface area (Å²) in [4.78, 5) is 12.3. The van der Waals surface area contributed by atoms with Crippen LogP contribution in [0.15, 0.2) is 90.0 Å². The third kappa shape index (κ3) is 6.17. The van der Waals surface area contributed by atoms with Crippen molar-refractivity contribution >= 4 is 15.9 Å². The van der Waals surface area contributed by atoms with Gasteiger partial charge in [0, 0.05) is 36.8 Å². The monoisotopic (exact) mass is 496 g/mol. The zero-order valence-corrected chi connectivity index (χ0v) is 19.3. The smallest absolute Gasteiger partial charge is 0.240 e. The van der Waals surface area contributed by atoms with Crippen LogP contribution in [0.25, 0.3) is 16.9 Å². The summed E-state index contributed by atoms with van der Waals surface area (Å²) in [5, 5.41) is 7.39. The Balaban J connectivity index is 1.41. The van der Waals surface area contributed by atoms with E-state index >= 15 is 0 Å². The molecule has 1 amide bonds. The van der Waals surface area contributed by atoms with Gasteiger partial charge < -0.3 is 5.32 Å². The fraction of sp³-hybridized carbons (Fsp3) is 0.120. The normalized spacial score (nSPS) is 11.4. The van der Waals surface area contributed by atoms with Gasteiger partial charge in [-0.05, 0) is 60.7 Å². The number of para-hydroxylation sites is 1. The van der Waals surface area contributed by atoms with Gasteiger partial charge in [0.05, 0.1) is 16.3 Å². The zero-order chi connectivity index (χ0) is 24.8. The second-order valence-electron chi connectivity index (χ2n) is 7.67. The molecule has 0 radical (unpaired) electrons. The van der Waals surface area contributed by atoms with Gasteiger partial charge in [-0.2, -0.15) is 5.10 Å². The summed E-state index contributed by atoms with van der Waals surface area (Å²) in [6.07, 6.45) is 1.69. The molecule has 180 valence electrons. The van der Waals surface area contributed by atoms with E-state index in [9.17, 15) is 22.0 Å². The number of hydrogen-bond donors (Lipinski definition) is 2. The third-order valence-corrected chi connectivity index (χ3v) is 6.65. The van der Waals surface area contributed by atoms with Gasteiger partial charge in [-0.25, -0.2) is 26.6 Å². The second-order valence-corrected chi connectivity index (χ2v) is 9.44. The number of sulfonamides is 1. The molecule has 1 heterocycles. The Bertz CT molecular complexity index is 1410. The standard InChI is InChI=1S/C25H22F2N4O3S/c26-20-8-6-18(7-9-20)25-19(17-31(30-25)22-4-2-1-3-5-22)16-28-24(32)14-15-29-35(33,34)23-12-10-21(27)11-13-23/h1-13,17,29H,14-16H2,(H,28,32). The number of amides is 1. The number of rotatable bonds is 9. The van der Waals surface area contributed by atoms with Gasteiger partial charge in [-0.1, -0.05) is 18.2 Å². The number of benzene rings is 3. The molecule has 0 spiro atoms. The molecule has 0 aliphatic heterocycles. The summed E-state index contributed by atoms with van der Waals surface area (Å²) in [6.45, 7) is 0.0166. The van der Waals surface area contributed by atoms with E-state index in [-0.39, 0.29) is 36.1 Å². The molecule has 10 heteroatoms. The summed E-state index contributed by atoms with van der Waals surface area (Å²) >= 11 is 0. The molecular formula is C25H22F2N4O3S. The molecule has 2 N–H and O–H groups in total. The molecule has 0 unspecified atom stereocenters. The summed E-state index contributed by atoms with van der Waals surface area (Å²) in [5.74, 6) is -1.28. The molecule has 0 fully saturated rings. The quantitative estimate of drug-likeness (QED) is 0.369. The molecule has 0 aliphatic carbocycles. The summed E-state index contributed by atoms with van der Waals surface area (Å²) < 4.78 is 55.0. The topological polar surface area (TPSA) is 93.1 Å². The highest BCUT2D eigenvalue weighted by Gasteiger charge is 2.16. The lowest BCUT2D eigenvalue weighted by Gasteiger charge is -2.08. The van der Waals surface area contributed by atoms with E-state index < -0.39 is 15.8 Å². The molecule has 0 aliphatic rings. The second kappa shape index (κ2) is 10.6. The number of carbonyl (C=O) groups excluding carboxylic acids is 1. The highest BCUT2D eigenvalue weighted by Crippen LogP contribution is 2.24. The van der Waals surface area contributed by atoms with Gasteiger partial charge in [-0.15, -0.1) is 0 Å². The van der Waals surface area contributed by atoms with Crippen LogP contribution in [0.4, 0.5) is 8.78 Å². The Morgan fingerprint density at radius 1 is 0.886 bits per heavy atom. The molecule has 1 aromatic heterocycles. The average molecular weight is 497 g/mol. The van der Waals surface area contributed by atoms with Crippen molar-refractivity contribution in [3.8, 4) is 16.9 Å². The van der Waals surface area contributed by atoms with Crippen LogP contribution in [-0.4, -0.2) is 30.7 Å². The van der Waals surface area contributed by atoms with Gasteiger partial charge >= 0.3 is 0 Å². The minimum Gasteiger partial charge on any atom is -0.352 e. The first kappa shape index (κ1) is 24.2. The van der Waals surface area contributed by atoms with Crippen molar-refractivity contribution in [3.05, 3.63) is 102 Å². The first-order valence-corrected chi connectivity index (χ1v) is 12.2. The van der Waals surface area contributed by atoms with Crippen molar-refractivity contribution in [2.45, 2.75) is 17.9 Å². The Hall–Kier alpha value is -3.89. The molecule has 7 nitrogen and oxygen atoms in total. The molecule has 4 rings (SSSR count). The third-order valence-electron chi connectivity index (χ3n) is 5.17. The molecule has 35 heavy (non-hydrogen) atoms. The Morgan fingerprint density at radius 3 is 2.17 bits per heavy atom. The molecule has 0 saturated carbocycles. The van der Waals surface area contributed by atoms with E-state index in [1.54, 1.807) is 23.0 Å². The number of carbonyl (C=O) groups is 1. The lowest BCUT2D eigenvalue weighted by Crippen LogP contribution is -2.30. The highest BCUT2D eigenvalue weighted by molar-refractivity contribution is 7.89. The Labute approximate surface area is 201 Å². The van der Waals surface area contributed by atoms with Crippen molar-refractivity contribution < 1.29 is 22.0 Å².